The fourth-order valence-corrected chi connectivity index (χ4v) is 13.6. The molecule has 2 aromatic heterocycles. The van der Waals surface area contributed by atoms with Gasteiger partial charge in [0.25, 0.3) is 0 Å². The van der Waals surface area contributed by atoms with Crippen molar-refractivity contribution >= 4 is 49.1 Å². The van der Waals surface area contributed by atoms with Gasteiger partial charge >= 0.3 is 0 Å². The second-order valence-corrected chi connectivity index (χ2v) is 19.7. The summed E-state index contributed by atoms with van der Waals surface area (Å²) in [7, 11) is 0. The third kappa shape index (κ3) is 5.17. The van der Waals surface area contributed by atoms with Gasteiger partial charge in [-0.05, 0) is 148 Å². The van der Waals surface area contributed by atoms with Crippen LogP contribution in [0.2, 0.25) is 0 Å². The summed E-state index contributed by atoms with van der Waals surface area (Å²) in [5.41, 5.74) is 21.0. The van der Waals surface area contributed by atoms with Crippen molar-refractivity contribution in [2.24, 2.45) is 0 Å². The number of fused-ring (bicyclic) bond motifs is 16. The van der Waals surface area contributed by atoms with Gasteiger partial charge in [-0.15, -0.1) is 0 Å². The van der Waals surface area contributed by atoms with Gasteiger partial charge in [-0.1, -0.05) is 154 Å². The molecule has 14 rings (SSSR count). The van der Waals surface area contributed by atoms with Gasteiger partial charge in [0, 0.05) is 38.2 Å². The summed E-state index contributed by atoms with van der Waals surface area (Å²) < 4.78 is 2.55. The van der Waals surface area contributed by atoms with E-state index in [1.54, 1.807) is 0 Å². The highest BCUT2D eigenvalue weighted by Gasteiger charge is 2.52. The van der Waals surface area contributed by atoms with Crippen molar-refractivity contribution in [3.63, 3.8) is 0 Å². The number of aromatic nitrogens is 2. The zero-order valence-corrected chi connectivity index (χ0v) is 36.5. The number of benzene rings is 7. The lowest BCUT2D eigenvalue weighted by molar-refractivity contribution is 0.444. The van der Waals surface area contributed by atoms with Crippen LogP contribution in [-0.2, 0) is 5.41 Å². The SMILES string of the molecule is C1=CC2=C(CC1)c1ccccc1C21c2ccccc2-c2c1ccc1c(-c3cccc(-n4c5ccc(C6CCCCC6)cc5c5cc(C6CCCCC6)ccc54)c3)nc3ccccc3c21. The van der Waals surface area contributed by atoms with Crippen LogP contribution >= 0.6 is 0 Å². The Bertz CT molecular complexity index is 3400. The van der Waals surface area contributed by atoms with Gasteiger partial charge in [0.1, 0.15) is 0 Å². The van der Waals surface area contributed by atoms with Crippen LogP contribution in [-0.4, -0.2) is 9.55 Å². The first kappa shape index (κ1) is 36.9. The molecule has 0 amide bonds. The normalized spacial score (nSPS) is 19.6. The fraction of sp³-hybridized carbons (Fsp3) is 0.242. The number of nitrogens with zero attached hydrogens (tertiary/aromatic N) is 2. The average molecular weight is 825 g/mol. The van der Waals surface area contributed by atoms with Crippen LogP contribution in [0, 0.1) is 0 Å². The first-order valence-electron chi connectivity index (χ1n) is 24.4. The summed E-state index contributed by atoms with van der Waals surface area (Å²) in [6.07, 6.45) is 20.4. The van der Waals surface area contributed by atoms with E-state index in [1.807, 2.05) is 0 Å². The van der Waals surface area contributed by atoms with Gasteiger partial charge in [0.2, 0.25) is 0 Å². The minimum atomic E-state index is -0.350. The molecular formula is C62H52N2. The van der Waals surface area contributed by atoms with Crippen molar-refractivity contribution in [1.29, 1.82) is 0 Å². The molecule has 1 spiro atoms. The minimum Gasteiger partial charge on any atom is -0.309 e. The molecule has 1 unspecified atom stereocenters. The Morgan fingerprint density at radius 2 is 1.17 bits per heavy atom. The zero-order valence-electron chi connectivity index (χ0n) is 36.5. The average Bonchev–Trinajstić information content (AvgIpc) is 3.98. The summed E-state index contributed by atoms with van der Waals surface area (Å²) in [5.74, 6) is 1.33. The molecule has 2 fully saturated rings. The first-order chi connectivity index (χ1) is 31.8. The molecule has 7 aromatic carbocycles. The molecule has 0 saturated heterocycles. The van der Waals surface area contributed by atoms with Crippen LogP contribution in [0.4, 0.5) is 0 Å². The fourth-order valence-electron chi connectivity index (χ4n) is 13.6. The lowest BCUT2D eigenvalue weighted by Gasteiger charge is -2.32. The summed E-state index contributed by atoms with van der Waals surface area (Å²) in [5, 5.41) is 6.53. The predicted octanol–water partition coefficient (Wildman–Crippen LogP) is 16.7. The molecule has 310 valence electrons. The Morgan fingerprint density at radius 1 is 0.516 bits per heavy atom. The van der Waals surface area contributed by atoms with E-state index in [0.29, 0.717) is 11.8 Å². The van der Waals surface area contributed by atoms with E-state index >= 15 is 0 Å². The van der Waals surface area contributed by atoms with Crippen LogP contribution < -0.4 is 0 Å². The number of rotatable bonds is 4. The number of pyridine rings is 1. The monoisotopic (exact) mass is 824 g/mol. The van der Waals surface area contributed by atoms with Crippen molar-refractivity contribution in [2.75, 3.05) is 0 Å². The Labute approximate surface area is 376 Å². The smallest absolute Gasteiger partial charge is 0.0789 e. The van der Waals surface area contributed by atoms with Crippen molar-refractivity contribution in [3.05, 3.63) is 197 Å². The summed E-state index contributed by atoms with van der Waals surface area (Å²) in [4.78, 5) is 5.59. The van der Waals surface area contributed by atoms with E-state index in [9.17, 15) is 0 Å². The van der Waals surface area contributed by atoms with Crippen LogP contribution in [0.25, 0.3) is 77.1 Å². The molecular weight excluding hydrogens is 773 g/mol. The van der Waals surface area contributed by atoms with Gasteiger partial charge < -0.3 is 4.57 Å². The highest BCUT2D eigenvalue weighted by atomic mass is 15.0. The lowest BCUT2D eigenvalue weighted by atomic mass is 9.69. The van der Waals surface area contributed by atoms with Gasteiger partial charge in [0.05, 0.1) is 27.7 Å². The van der Waals surface area contributed by atoms with E-state index in [2.05, 4.69) is 162 Å². The van der Waals surface area contributed by atoms with Crippen molar-refractivity contribution < 1.29 is 0 Å². The molecule has 2 heteroatoms. The van der Waals surface area contributed by atoms with Crippen LogP contribution in [0.1, 0.15) is 122 Å². The Balaban J connectivity index is 0.993. The Hall–Kier alpha value is -6.51. The molecule has 5 aliphatic rings. The van der Waals surface area contributed by atoms with Crippen LogP contribution in [0.15, 0.2) is 163 Å². The van der Waals surface area contributed by atoms with Gasteiger partial charge in [-0.3, -0.25) is 0 Å². The van der Waals surface area contributed by atoms with Crippen LogP contribution in [0.5, 0.6) is 0 Å². The second kappa shape index (κ2) is 14.2. The van der Waals surface area contributed by atoms with Gasteiger partial charge in [0.15, 0.2) is 0 Å². The summed E-state index contributed by atoms with van der Waals surface area (Å²) in [6.45, 7) is 0. The van der Waals surface area contributed by atoms with E-state index in [1.165, 1.54) is 164 Å². The number of allylic oxidation sites excluding steroid dienone is 4. The highest BCUT2D eigenvalue weighted by Crippen LogP contribution is 2.64. The third-order valence-corrected chi connectivity index (χ3v) is 16.4. The molecule has 0 radical (unpaired) electrons. The Kier molecular flexibility index (Phi) is 8.22. The molecule has 0 aliphatic heterocycles. The maximum absolute atomic E-state index is 5.59. The van der Waals surface area contributed by atoms with Crippen molar-refractivity contribution in [2.45, 2.75) is 94.3 Å². The van der Waals surface area contributed by atoms with Crippen LogP contribution in [0.3, 0.4) is 0 Å². The standard InChI is InChI=1S/C62H52N2/c1-3-16-39(17-4-1)41-30-34-57-50(37-41)51-38-42(40-18-5-2-6-19-40)31-35-58(51)64(57)44-21-15-20-43(36-44)61-49-32-33-55-60(59(49)48-25-10-14-29-56(48)63-61)47-24-9-13-28-54(47)62(55)52-26-11-7-22-45(52)46-23-8-12-27-53(46)62/h7,9-15,20-22,24-40H,1-6,8,16-19,23H2. The van der Waals surface area contributed by atoms with E-state index in [0.717, 1.165) is 29.6 Å². The maximum atomic E-state index is 5.59. The number of hydrogen-bond acceptors (Lipinski definition) is 1. The topological polar surface area (TPSA) is 17.8 Å². The molecule has 2 heterocycles. The maximum Gasteiger partial charge on any atom is 0.0789 e. The van der Waals surface area contributed by atoms with Gasteiger partial charge in [-0.25, -0.2) is 4.98 Å². The van der Waals surface area contributed by atoms with Crippen molar-refractivity contribution in [1.82, 2.24) is 9.55 Å². The molecule has 5 aliphatic carbocycles. The minimum absolute atomic E-state index is 0.350. The first-order valence-corrected chi connectivity index (χ1v) is 24.4. The molecule has 0 N–H and O–H groups in total. The van der Waals surface area contributed by atoms with E-state index in [-0.39, 0.29) is 5.41 Å². The highest BCUT2D eigenvalue weighted by molar-refractivity contribution is 6.20. The molecule has 9 aromatic rings. The number of para-hydroxylation sites is 1. The largest absolute Gasteiger partial charge is 0.309 e. The van der Waals surface area contributed by atoms with Crippen molar-refractivity contribution in [3.8, 4) is 28.1 Å². The van der Waals surface area contributed by atoms with E-state index in [4.69, 9.17) is 4.98 Å². The zero-order chi connectivity index (χ0) is 41.9. The number of hydrogen-bond donors (Lipinski definition) is 0. The van der Waals surface area contributed by atoms with Gasteiger partial charge in [-0.2, -0.15) is 0 Å². The van der Waals surface area contributed by atoms with E-state index < -0.39 is 0 Å². The molecule has 2 saturated carbocycles. The molecule has 2 nitrogen and oxygen atoms in total. The predicted molar refractivity (Wildman–Crippen MR) is 268 cm³/mol. The summed E-state index contributed by atoms with van der Waals surface area (Å²) >= 11 is 0. The molecule has 1 atom stereocenters. The molecule has 64 heavy (non-hydrogen) atoms. The quantitative estimate of drug-likeness (QED) is 0.162. The third-order valence-electron chi connectivity index (χ3n) is 16.4. The Morgan fingerprint density at radius 3 is 1.91 bits per heavy atom. The summed E-state index contributed by atoms with van der Waals surface area (Å²) in [6, 6.07) is 56.5. The second-order valence-electron chi connectivity index (χ2n) is 19.7. The lowest BCUT2D eigenvalue weighted by Crippen LogP contribution is -2.27. The molecule has 0 bridgehead atoms.